The Labute approximate surface area is 371 Å². The fraction of sp³-hybridized carbons (Fsp3) is 0.426. The lowest BCUT2D eigenvalue weighted by atomic mass is 9.86. The van der Waals surface area contributed by atoms with Crippen molar-refractivity contribution in [2.45, 2.75) is 69.6 Å². The maximum absolute atomic E-state index is 13.4. The summed E-state index contributed by atoms with van der Waals surface area (Å²) in [5.74, 6) is -0.620. The molecule has 0 radical (unpaired) electrons. The molecule has 4 fully saturated rings. The van der Waals surface area contributed by atoms with Gasteiger partial charge in [0.15, 0.2) is 0 Å². The number of amides is 6. The van der Waals surface area contributed by atoms with Crippen molar-refractivity contribution in [1.29, 1.82) is 5.41 Å². The van der Waals surface area contributed by atoms with Crippen LogP contribution in [0.2, 0.25) is 0 Å². The third-order valence-corrected chi connectivity index (χ3v) is 12.8. The van der Waals surface area contributed by atoms with E-state index in [1.807, 2.05) is 35.2 Å². The van der Waals surface area contributed by atoms with E-state index in [-0.39, 0.29) is 53.3 Å². The van der Waals surface area contributed by atoms with Crippen molar-refractivity contribution in [2.75, 3.05) is 57.7 Å². The summed E-state index contributed by atoms with van der Waals surface area (Å²) in [6.45, 7) is 5.10. The van der Waals surface area contributed by atoms with Crippen LogP contribution in [-0.2, 0) is 23.9 Å². The van der Waals surface area contributed by atoms with Crippen LogP contribution in [0.15, 0.2) is 84.2 Å². The Balaban J connectivity index is 0.738. The summed E-state index contributed by atoms with van der Waals surface area (Å²) in [5, 5.41) is 21.1. The molecule has 1 unspecified atom stereocenters. The number of imide groups is 2. The quantitative estimate of drug-likeness (QED) is 0.0561. The molecule has 336 valence electrons. The zero-order valence-corrected chi connectivity index (χ0v) is 35.7. The number of para-hydroxylation sites is 1. The minimum atomic E-state index is -1.02. The van der Waals surface area contributed by atoms with Gasteiger partial charge in [-0.2, -0.15) is 0 Å². The van der Waals surface area contributed by atoms with E-state index in [2.05, 4.69) is 26.2 Å². The molecule has 5 heterocycles. The van der Waals surface area contributed by atoms with Crippen molar-refractivity contribution >= 4 is 46.8 Å². The van der Waals surface area contributed by atoms with Crippen LogP contribution >= 0.6 is 0 Å². The number of rotatable bonds is 15. The van der Waals surface area contributed by atoms with Crippen LogP contribution in [0.1, 0.15) is 77.6 Å². The third-order valence-electron chi connectivity index (χ3n) is 12.8. The highest BCUT2D eigenvalue weighted by atomic mass is 16.5. The van der Waals surface area contributed by atoms with E-state index in [0.717, 1.165) is 50.1 Å². The van der Waals surface area contributed by atoms with Crippen molar-refractivity contribution in [1.82, 2.24) is 30.7 Å². The summed E-state index contributed by atoms with van der Waals surface area (Å²) < 4.78 is 12.0. The number of benzene rings is 3. The van der Waals surface area contributed by atoms with E-state index < -0.39 is 35.6 Å². The first-order valence-electron chi connectivity index (χ1n) is 22.2. The number of ether oxygens (including phenoxy) is 2. The summed E-state index contributed by atoms with van der Waals surface area (Å²) >= 11 is 0. The highest BCUT2D eigenvalue weighted by Gasteiger charge is 2.45. The average molecular weight is 874 g/mol. The van der Waals surface area contributed by atoms with Crippen LogP contribution in [0.5, 0.6) is 11.5 Å². The summed E-state index contributed by atoms with van der Waals surface area (Å²) in [6.07, 6.45) is 4.86. The van der Waals surface area contributed by atoms with Crippen molar-refractivity contribution in [3.05, 3.63) is 101 Å². The second kappa shape index (κ2) is 19.8. The van der Waals surface area contributed by atoms with E-state index in [1.54, 1.807) is 42.5 Å². The van der Waals surface area contributed by atoms with E-state index in [4.69, 9.17) is 20.6 Å². The molecule has 0 bridgehead atoms. The molecule has 17 heteroatoms. The Hall–Kier alpha value is -6.59. The van der Waals surface area contributed by atoms with Crippen molar-refractivity contribution in [2.24, 2.45) is 11.7 Å². The molecule has 64 heavy (non-hydrogen) atoms. The minimum Gasteiger partial charge on any atom is -0.457 e. The number of nitrogens with zero attached hydrogens (tertiary/aromatic N) is 3. The molecule has 0 aliphatic carbocycles. The van der Waals surface area contributed by atoms with Gasteiger partial charge in [0.25, 0.3) is 17.7 Å². The van der Waals surface area contributed by atoms with Gasteiger partial charge in [0.05, 0.1) is 29.5 Å². The monoisotopic (exact) mass is 873 g/mol. The van der Waals surface area contributed by atoms with Gasteiger partial charge in [-0.3, -0.25) is 44.4 Å². The normalized spacial score (nSPS) is 21.7. The fourth-order valence-electron chi connectivity index (χ4n) is 9.34. The number of piperidine rings is 3. The average Bonchev–Trinajstić information content (AvgIpc) is 3.56. The largest absolute Gasteiger partial charge is 0.457 e. The third kappa shape index (κ3) is 9.95. The fourth-order valence-corrected chi connectivity index (χ4v) is 9.34. The molecule has 6 amide bonds. The van der Waals surface area contributed by atoms with Crippen LogP contribution in [0.4, 0.5) is 5.69 Å². The van der Waals surface area contributed by atoms with Crippen LogP contribution in [0, 0.1) is 11.3 Å². The van der Waals surface area contributed by atoms with Gasteiger partial charge in [-0.25, -0.2) is 0 Å². The topological polar surface area (TPSA) is 229 Å². The Bertz CT molecular complexity index is 2300. The van der Waals surface area contributed by atoms with E-state index in [9.17, 15) is 28.8 Å². The number of anilines is 1. The molecule has 5 aliphatic heterocycles. The molecule has 2 atom stereocenters. The minimum absolute atomic E-state index is 0.0226. The first-order valence-corrected chi connectivity index (χ1v) is 22.2. The van der Waals surface area contributed by atoms with Gasteiger partial charge in [-0.05, 0) is 93.0 Å². The van der Waals surface area contributed by atoms with Gasteiger partial charge in [0.2, 0.25) is 17.7 Å². The number of carbonyl (C=O) groups excluding carboxylic acids is 6. The maximum atomic E-state index is 13.4. The molecule has 3 aromatic carbocycles. The second-order valence-corrected chi connectivity index (χ2v) is 16.9. The van der Waals surface area contributed by atoms with Gasteiger partial charge >= 0.3 is 0 Å². The van der Waals surface area contributed by atoms with Gasteiger partial charge in [-0.1, -0.05) is 24.3 Å². The van der Waals surface area contributed by atoms with Crippen molar-refractivity contribution in [3.8, 4) is 11.5 Å². The summed E-state index contributed by atoms with van der Waals surface area (Å²) in [4.78, 5) is 81.9. The Morgan fingerprint density at radius 3 is 2.28 bits per heavy atom. The van der Waals surface area contributed by atoms with Crippen molar-refractivity contribution in [3.63, 3.8) is 0 Å². The predicted molar refractivity (Wildman–Crippen MR) is 236 cm³/mol. The maximum Gasteiger partial charge on any atom is 0.264 e. The first kappa shape index (κ1) is 44.0. The predicted octanol–water partition coefficient (Wildman–Crippen LogP) is 3.12. The Morgan fingerprint density at radius 2 is 1.56 bits per heavy atom. The lowest BCUT2D eigenvalue weighted by Crippen LogP contribution is -2.54. The molecule has 17 nitrogen and oxygen atoms in total. The molecule has 3 aromatic rings. The first-order chi connectivity index (χ1) is 31.0. The Kier molecular flexibility index (Phi) is 13.7. The highest BCUT2D eigenvalue weighted by molar-refractivity contribution is 6.27. The summed E-state index contributed by atoms with van der Waals surface area (Å²) in [5.41, 5.74) is 7.47. The zero-order chi connectivity index (χ0) is 44.7. The number of primary amides is 1. The molecular formula is C47H55N9O8. The lowest BCUT2D eigenvalue weighted by molar-refractivity contribution is -0.136. The molecular weight excluding hydrogens is 819 g/mol. The number of nitrogens with two attached hydrogens (primary N) is 1. The summed E-state index contributed by atoms with van der Waals surface area (Å²) in [6, 6.07) is 20.5. The molecule has 0 spiro atoms. The van der Waals surface area contributed by atoms with Crippen molar-refractivity contribution < 1.29 is 38.2 Å². The van der Waals surface area contributed by atoms with Gasteiger partial charge < -0.3 is 41.0 Å². The standard InChI is InChI=1S/C47H55N9O8/c48-42(30-9-11-33(12-10-30)64-32-5-2-1-3-6-32)41(43(49)59)44-51-21-15-35(52-44)29-16-26-55(27-17-29)39(58)20-25-54-23-18-31(19-24-54)63-28-22-50-36-8-4-7-34-40(36)47(62)56(46(34)61)37-13-14-38(57)53-45(37)60/h1-12,29,31,35,37,48,50-52H,13-28H2,(H2,49,59)(H,53,57,60)/b44-41+,48-42?/t35-,37?/m0/s1. The van der Waals surface area contributed by atoms with Crippen LogP contribution in [-0.4, -0.2) is 126 Å². The molecule has 0 saturated carbocycles. The zero-order valence-electron chi connectivity index (χ0n) is 35.7. The highest BCUT2D eigenvalue weighted by Crippen LogP contribution is 2.33. The van der Waals surface area contributed by atoms with E-state index in [0.29, 0.717) is 80.2 Å². The number of carbonyl (C=O) groups is 6. The number of fused-ring (bicyclic) bond motifs is 1. The number of nitrogens with one attached hydrogen (secondary N) is 5. The lowest BCUT2D eigenvalue weighted by Gasteiger charge is -2.40. The molecule has 5 aliphatic rings. The SMILES string of the molecule is N=C(/C(C(N)=O)=C1/NCC[C@@H](C2CCN(C(=O)CCN3CCC(OCCNc4cccc5c4C(=O)N(C4CCC(=O)NC4=O)C5=O)CC3)CC2)N1)c1ccc(Oc2ccccc2)cc1. The molecule has 8 rings (SSSR count). The van der Waals surface area contributed by atoms with Crippen LogP contribution in [0.3, 0.4) is 0 Å². The number of hydrogen-bond donors (Lipinski definition) is 6. The summed E-state index contributed by atoms with van der Waals surface area (Å²) in [7, 11) is 0. The van der Waals surface area contributed by atoms with Crippen LogP contribution < -0.4 is 31.7 Å². The van der Waals surface area contributed by atoms with Gasteiger partial charge in [0.1, 0.15) is 28.9 Å². The number of likely N-dealkylation sites (tertiary alicyclic amines) is 2. The number of hydrogen-bond acceptors (Lipinski definition) is 13. The van der Waals surface area contributed by atoms with E-state index >= 15 is 0 Å². The smallest absolute Gasteiger partial charge is 0.264 e. The molecule has 0 aromatic heterocycles. The molecule has 4 saturated heterocycles. The second-order valence-electron chi connectivity index (χ2n) is 16.9. The van der Waals surface area contributed by atoms with Gasteiger partial charge in [0, 0.05) is 75.9 Å². The van der Waals surface area contributed by atoms with Gasteiger partial charge in [-0.15, -0.1) is 0 Å². The molecule has 7 N–H and O–H groups in total. The Morgan fingerprint density at radius 1 is 0.828 bits per heavy atom. The van der Waals surface area contributed by atoms with E-state index in [1.165, 1.54) is 0 Å². The van der Waals surface area contributed by atoms with Crippen LogP contribution in [0.25, 0.3) is 0 Å².